The van der Waals surface area contributed by atoms with Crippen LogP contribution in [0.4, 0.5) is 11.4 Å². The van der Waals surface area contributed by atoms with Gasteiger partial charge >= 0.3 is 0 Å². The molecule has 44 heavy (non-hydrogen) atoms. The number of anilines is 2. The smallest absolute Gasteiger partial charge is 0.251 e. The standard InChI is InChI=1S/C35H49N5O4/c1-24(34(43)38-28-13-6-3-7-14-28)36-23-32(41)31(19-25-11-4-2-5-12-25)39-35(44)26-20-29(37-27-15-8-9-16-27)22-30(21-26)40-18-10-17-33(40)42/h2,4-5,11-12,20-22,24,27-28,31-32,36-37,41H,3,6-10,13-19,23H2,1H3,(H,38,43)(H,39,44)/t24-,31-,32-/m0/s1. The van der Waals surface area contributed by atoms with Gasteiger partial charge in [-0.1, -0.05) is 62.4 Å². The van der Waals surface area contributed by atoms with Crippen LogP contribution in [-0.2, 0) is 16.0 Å². The molecule has 3 aliphatic rings. The first kappa shape index (κ1) is 32.0. The Bertz CT molecular complexity index is 1260. The van der Waals surface area contributed by atoms with Gasteiger partial charge in [0.1, 0.15) is 0 Å². The number of nitrogens with zero attached hydrogens (tertiary/aromatic N) is 1. The highest BCUT2D eigenvalue weighted by atomic mass is 16.3. The molecule has 5 N–H and O–H groups in total. The molecule has 1 saturated heterocycles. The van der Waals surface area contributed by atoms with Crippen LogP contribution in [0.25, 0.3) is 0 Å². The summed E-state index contributed by atoms with van der Waals surface area (Å²) in [7, 11) is 0. The van der Waals surface area contributed by atoms with Gasteiger partial charge in [0.25, 0.3) is 5.91 Å². The van der Waals surface area contributed by atoms with E-state index < -0.39 is 18.2 Å². The average molecular weight is 604 g/mol. The van der Waals surface area contributed by atoms with Crippen LogP contribution >= 0.6 is 0 Å². The minimum atomic E-state index is -0.941. The van der Waals surface area contributed by atoms with Crippen molar-refractivity contribution in [1.29, 1.82) is 0 Å². The van der Waals surface area contributed by atoms with E-state index in [9.17, 15) is 19.5 Å². The first-order valence-electron chi connectivity index (χ1n) is 16.6. The molecule has 0 unspecified atom stereocenters. The zero-order valence-corrected chi connectivity index (χ0v) is 26.0. The van der Waals surface area contributed by atoms with Gasteiger partial charge in [-0.3, -0.25) is 14.4 Å². The molecule has 5 rings (SSSR count). The van der Waals surface area contributed by atoms with Gasteiger partial charge in [-0.2, -0.15) is 0 Å². The van der Waals surface area contributed by atoms with Crippen molar-refractivity contribution in [2.45, 2.75) is 114 Å². The quantitative estimate of drug-likeness (QED) is 0.233. The largest absolute Gasteiger partial charge is 0.390 e. The van der Waals surface area contributed by atoms with E-state index in [1.807, 2.05) is 42.5 Å². The molecular formula is C35H49N5O4. The summed E-state index contributed by atoms with van der Waals surface area (Å²) in [5, 5.41) is 24.4. The Labute approximate surface area is 261 Å². The maximum absolute atomic E-state index is 13.8. The lowest BCUT2D eigenvalue weighted by Gasteiger charge is -2.28. The lowest BCUT2D eigenvalue weighted by molar-refractivity contribution is -0.123. The molecule has 2 aromatic rings. The molecule has 1 aliphatic heterocycles. The van der Waals surface area contributed by atoms with Crippen LogP contribution in [0.5, 0.6) is 0 Å². The summed E-state index contributed by atoms with van der Waals surface area (Å²) in [6, 6.07) is 14.9. The van der Waals surface area contributed by atoms with E-state index in [0.717, 1.165) is 61.9 Å². The van der Waals surface area contributed by atoms with Gasteiger partial charge in [0.05, 0.1) is 18.2 Å². The van der Waals surface area contributed by atoms with E-state index in [1.54, 1.807) is 17.9 Å². The van der Waals surface area contributed by atoms with Gasteiger partial charge in [0, 0.05) is 48.5 Å². The number of hydrogen-bond acceptors (Lipinski definition) is 6. The van der Waals surface area contributed by atoms with Crippen LogP contribution in [0.15, 0.2) is 48.5 Å². The number of carbonyl (C=O) groups excluding carboxylic acids is 3. The zero-order chi connectivity index (χ0) is 30.9. The van der Waals surface area contributed by atoms with Gasteiger partial charge in [0.2, 0.25) is 11.8 Å². The highest BCUT2D eigenvalue weighted by molar-refractivity contribution is 6.00. The Morgan fingerprint density at radius 2 is 1.64 bits per heavy atom. The van der Waals surface area contributed by atoms with Gasteiger partial charge < -0.3 is 31.3 Å². The van der Waals surface area contributed by atoms with Gasteiger partial charge in [-0.05, 0) is 69.2 Å². The van der Waals surface area contributed by atoms with Crippen LogP contribution < -0.4 is 26.2 Å². The summed E-state index contributed by atoms with van der Waals surface area (Å²) in [4.78, 5) is 41.0. The molecule has 0 spiro atoms. The second kappa shape index (κ2) is 15.5. The van der Waals surface area contributed by atoms with Gasteiger partial charge in [-0.15, -0.1) is 0 Å². The highest BCUT2D eigenvalue weighted by Gasteiger charge is 2.27. The molecule has 3 fully saturated rings. The number of amides is 3. The van der Waals surface area contributed by atoms with Crippen LogP contribution in [0.3, 0.4) is 0 Å². The molecule has 2 saturated carbocycles. The molecule has 2 aromatic carbocycles. The SMILES string of the molecule is C[C@H](NC[C@H](O)[C@H](Cc1ccccc1)NC(=O)c1cc(NC2CCCC2)cc(N2CCCC2=O)c1)C(=O)NC1CCCCC1. The molecule has 9 heteroatoms. The van der Waals surface area contributed by atoms with E-state index in [-0.39, 0.29) is 30.3 Å². The van der Waals surface area contributed by atoms with Crippen LogP contribution in [0.2, 0.25) is 0 Å². The molecule has 238 valence electrons. The Balaban J connectivity index is 1.29. The van der Waals surface area contributed by atoms with E-state index in [1.165, 1.54) is 19.3 Å². The van der Waals surface area contributed by atoms with Crippen molar-refractivity contribution in [3.8, 4) is 0 Å². The molecule has 2 aliphatic carbocycles. The van der Waals surface area contributed by atoms with Crippen molar-refractivity contribution in [3.63, 3.8) is 0 Å². The first-order chi connectivity index (χ1) is 21.4. The summed E-state index contributed by atoms with van der Waals surface area (Å²) in [5.41, 5.74) is 2.99. The summed E-state index contributed by atoms with van der Waals surface area (Å²) in [6.07, 6.45) is 10.9. The predicted octanol–water partition coefficient (Wildman–Crippen LogP) is 4.30. The molecule has 3 amide bonds. The summed E-state index contributed by atoms with van der Waals surface area (Å²) in [6.45, 7) is 2.59. The fourth-order valence-electron chi connectivity index (χ4n) is 6.72. The second-order valence-electron chi connectivity index (χ2n) is 12.9. The molecule has 1 heterocycles. The number of aliphatic hydroxyl groups is 1. The molecular weight excluding hydrogens is 554 g/mol. The van der Waals surface area contributed by atoms with Gasteiger partial charge in [-0.25, -0.2) is 0 Å². The third kappa shape index (κ3) is 8.82. The maximum atomic E-state index is 13.8. The molecule has 3 atom stereocenters. The predicted molar refractivity (Wildman–Crippen MR) is 174 cm³/mol. The topological polar surface area (TPSA) is 123 Å². The van der Waals surface area contributed by atoms with Crippen LogP contribution in [0.1, 0.15) is 93.5 Å². The number of rotatable bonds is 13. The highest BCUT2D eigenvalue weighted by Crippen LogP contribution is 2.29. The first-order valence-corrected chi connectivity index (χ1v) is 16.6. The fraction of sp³-hybridized carbons (Fsp3) is 0.571. The summed E-state index contributed by atoms with van der Waals surface area (Å²) in [5.74, 6) is -0.307. The minimum absolute atomic E-state index is 0.0664. The summed E-state index contributed by atoms with van der Waals surface area (Å²) < 4.78 is 0. The van der Waals surface area contributed by atoms with E-state index >= 15 is 0 Å². The Hall–Kier alpha value is -3.43. The second-order valence-corrected chi connectivity index (χ2v) is 12.9. The molecule has 9 nitrogen and oxygen atoms in total. The van der Waals surface area contributed by atoms with Crippen molar-refractivity contribution < 1.29 is 19.5 Å². The van der Waals surface area contributed by atoms with Crippen molar-refractivity contribution in [3.05, 3.63) is 59.7 Å². The number of benzene rings is 2. The lowest BCUT2D eigenvalue weighted by atomic mass is 9.95. The number of nitrogens with one attached hydrogen (secondary N) is 4. The number of aliphatic hydroxyl groups excluding tert-OH is 1. The zero-order valence-electron chi connectivity index (χ0n) is 26.0. The Morgan fingerprint density at radius 3 is 2.34 bits per heavy atom. The Kier molecular flexibility index (Phi) is 11.3. The maximum Gasteiger partial charge on any atom is 0.251 e. The summed E-state index contributed by atoms with van der Waals surface area (Å²) >= 11 is 0. The third-order valence-electron chi connectivity index (χ3n) is 9.35. The Morgan fingerprint density at radius 1 is 0.932 bits per heavy atom. The third-order valence-corrected chi connectivity index (χ3v) is 9.35. The van der Waals surface area contributed by atoms with Gasteiger partial charge in [0.15, 0.2) is 0 Å². The van der Waals surface area contributed by atoms with Crippen molar-refractivity contribution in [2.75, 3.05) is 23.3 Å². The monoisotopic (exact) mass is 603 g/mol. The van der Waals surface area contributed by atoms with Crippen LogP contribution in [-0.4, -0.2) is 66.2 Å². The van der Waals surface area contributed by atoms with Crippen LogP contribution in [0, 0.1) is 0 Å². The van der Waals surface area contributed by atoms with E-state index in [4.69, 9.17) is 0 Å². The van der Waals surface area contributed by atoms with E-state index in [2.05, 4.69) is 21.3 Å². The lowest BCUT2D eigenvalue weighted by Crippen LogP contribution is -2.53. The van der Waals surface area contributed by atoms with Crippen molar-refractivity contribution in [2.24, 2.45) is 0 Å². The average Bonchev–Trinajstić information content (AvgIpc) is 3.71. The van der Waals surface area contributed by atoms with Crippen molar-refractivity contribution in [1.82, 2.24) is 16.0 Å². The fourth-order valence-corrected chi connectivity index (χ4v) is 6.72. The normalized spacial score (nSPS) is 19.9. The van der Waals surface area contributed by atoms with E-state index in [0.29, 0.717) is 31.0 Å². The molecule has 0 aromatic heterocycles. The minimum Gasteiger partial charge on any atom is -0.390 e. The molecule has 0 radical (unpaired) electrons. The molecule has 0 bridgehead atoms. The number of hydrogen-bond donors (Lipinski definition) is 5. The number of carbonyl (C=O) groups is 3. The van der Waals surface area contributed by atoms with Crippen molar-refractivity contribution >= 4 is 29.1 Å².